The Morgan fingerprint density at radius 3 is 2.60 bits per heavy atom. The molecule has 7 nitrogen and oxygen atoms in total. The third kappa shape index (κ3) is 5.01. The summed E-state index contributed by atoms with van der Waals surface area (Å²) in [6.07, 6.45) is 2.86. The number of fused-ring (bicyclic) bond motifs is 1. The molecular formula is C24H28ClN3O4S3. The molecule has 1 unspecified atom stereocenters. The summed E-state index contributed by atoms with van der Waals surface area (Å²) in [4.78, 5) is 20.5. The van der Waals surface area contributed by atoms with E-state index in [1.54, 1.807) is 17.0 Å². The Hall–Kier alpha value is -1.56. The van der Waals surface area contributed by atoms with Crippen LogP contribution in [0.1, 0.15) is 36.8 Å². The molecule has 0 radical (unpaired) electrons. The number of hydrogen-bond donors (Lipinski definition) is 0. The van der Waals surface area contributed by atoms with E-state index in [1.165, 1.54) is 21.2 Å². The molecule has 2 aliphatic heterocycles. The molecule has 2 fully saturated rings. The Morgan fingerprint density at radius 1 is 1.17 bits per heavy atom. The zero-order valence-corrected chi connectivity index (χ0v) is 22.9. The maximum atomic E-state index is 13.8. The summed E-state index contributed by atoms with van der Waals surface area (Å²) < 4.78 is 35.0. The molecule has 4 heterocycles. The summed E-state index contributed by atoms with van der Waals surface area (Å²) in [5.41, 5.74) is 3.24. The van der Waals surface area contributed by atoms with Crippen LogP contribution in [0, 0.1) is 19.8 Å². The fourth-order valence-electron chi connectivity index (χ4n) is 4.71. The number of hydrogen-bond acceptors (Lipinski definition) is 7. The lowest BCUT2D eigenvalue weighted by Gasteiger charge is -2.33. The molecule has 1 amide bonds. The van der Waals surface area contributed by atoms with E-state index in [9.17, 15) is 13.2 Å². The van der Waals surface area contributed by atoms with Gasteiger partial charge < -0.3 is 4.74 Å². The number of benzene rings is 1. The second-order valence-electron chi connectivity index (χ2n) is 9.17. The first-order valence-electron chi connectivity index (χ1n) is 11.8. The maximum absolute atomic E-state index is 13.8. The molecule has 188 valence electrons. The fourth-order valence-corrected chi connectivity index (χ4v) is 8.86. The van der Waals surface area contributed by atoms with Crippen LogP contribution < -0.4 is 4.90 Å². The highest BCUT2D eigenvalue weighted by Crippen LogP contribution is 2.35. The van der Waals surface area contributed by atoms with Gasteiger partial charge in [0.1, 0.15) is 4.21 Å². The van der Waals surface area contributed by atoms with Crippen molar-refractivity contribution < 1.29 is 17.9 Å². The lowest BCUT2D eigenvalue weighted by Crippen LogP contribution is -2.46. The smallest absolute Gasteiger partial charge is 0.252 e. The predicted molar refractivity (Wildman–Crippen MR) is 141 cm³/mol. The number of carbonyl (C=O) groups excluding carboxylic acids is 1. The van der Waals surface area contributed by atoms with Crippen molar-refractivity contribution in [3.63, 3.8) is 0 Å². The number of thiazole rings is 1. The largest absolute Gasteiger partial charge is 0.376 e. The van der Waals surface area contributed by atoms with Crippen molar-refractivity contribution in [3.05, 3.63) is 39.7 Å². The van der Waals surface area contributed by atoms with Crippen LogP contribution in [0.5, 0.6) is 0 Å². The number of amides is 1. The van der Waals surface area contributed by atoms with Gasteiger partial charge in [-0.25, -0.2) is 13.4 Å². The van der Waals surface area contributed by atoms with Crippen molar-refractivity contribution in [2.45, 2.75) is 49.8 Å². The minimum atomic E-state index is -3.60. The number of ether oxygens (including phenoxy) is 1. The molecule has 3 aromatic rings. The van der Waals surface area contributed by atoms with Crippen LogP contribution >= 0.6 is 34.3 Å². The van der Waals surface area contributed by atoms with Gasteiger partial charge in [0, 0.05) is 25.6 Å². The summed E-state index contributed by atoms with van der Waals surface area (Å²) in [6, 6.07) is 7.29. The molecule has 2 saturated heterocycles. The molecule has 1 atom stereocenters. The Kier molecular flexibility index (Phi) is 7.22. The molecular weight excluding hydrogens is 526 g/mol. The van der Waals surface area contributed by atoms with E-state index in [0.29, 0.717) is 48.6 Å². The van der Waals surface area contributed by atoms with Crippen molar-refractivity contribution >= 4 is 65.6 Å². The van der Waals surface area contributed by atoms with Crippen LogP contribution in [-0.2, 0) is 19.6 Å². The third-order valence-corrected chi connectivity index (χ3v) is 11.6. The van der Waals surface area contributed by atoms with E-state index < -0.39 is 10.0 Å². The standard InChI is InChI=1S/C24H28ClN3O4S3/c1-15-5-6-19-22(16(15)2)26-24(33-19)28(14-18-4-3-13-32-18)23(29)17-9-11-27(12-10-17)35(30,31)21-8-7-20(25)34-21/h5-8,17-18H,3-4,9-14H2,1-2H3. The Labute approximate surface area is 218 Å². The number of sulfonamides is 1. The Bertz CT molecular complexity index is 1340. The normalized spacial score (nSPS) is 20.0. The number of nitrogens with zero attached hydrogens (tertiary/aromatic N) is 3. The van der Waals surface area contributed by atoms with E-state index in [-0.39, 0.29) is 22.1 Å². The molecule has 0 aliphatic carbocycles. The van der Waals surface area contributed by atoms with E-state index in [2.05, 4.69) is 26.0 Å². The van der Waals surface area contributed by atoms with E-state index >= 15 is 0 Å². The highest BCUT2D eigenvalue weighted by molar-refractivity contribution is 7.91. The van der Waals surface area contributed by atoms with E-state index in [1.807, 2.05) is 0 Å². The molecule has 11 heteroatoms. The number of thiophene rings is 1. The molecule has 0 spiro atoms. The molecule has 0 saturated carbocycles. The van der Waals surface area contributed by atoms with Crippen molar-refractivity contribution in [1.29, 1.82) is 0 Å². The minimum absolute atomic E-state index is 0.00200. The number of aromatic nitrogens is 1. The van der Waals surface area contributed by atoms with Gasteiger partial charge in [0.15, 0.2) is 5.13 Å². The second kappa shape index (κ2) is 10.1. The van der Waals surface area contributed by atoms with Gasteiger partial charge in [0.2, 0.25) is 5.91 Å². The quantitative estimate of drug-likeness (QED) is 0.417. The first-order chi connectivity index (χ1) is 16.7. The highest BCUT2D eigenvalue weighted by Gasteiger charge is 2.36. The Balaban J connectivity index is 1.36. The van der Waals surface area contributed by atoms with Crippen molar-refractivity contribution in [3.8, 4) is 0 Å². The summed E-state index contributed by atoms with van der Waals surface area (Å²) >= 11 is 8.54. The summed E-state index contributed by atoms with van der Waals surface area (Å²) in [7, 11) is -3.60. The van der Waals surface area contributed by atoms with E-state index in [0.717, 1.165) is 40.0 Å². The first kappa shape index (κ1) is 25.1. The Morgan fingerprint density at radius 2 is 1.94 bits per heavy atom. The van der Waals surface area contributed by atoms with Crippen LogP contribution in [0.4, 0.5) is 5.13 Å². The van der Waals surface area contributed by atoms with Crippen molar-refractivity contribution in [1.82, 2.24) is 9.29 Å². The SMILES string of the molecule is Cc1ccc2sc(N(CC3CCCO3)C(=O)C3CCN(S(=O)(=O)c4ccc(Cl)s4)CC3)nc2c1C. The molecule has 2 aliphatic rings. The van der Waals surface area contributed by atoms with Crippen LogP contribution in [-0.4, -0.2) is 56.0 Å². The second-order valence-corrected chi connectivity index (χ2v) is 14.1. The first-order valence-corrected chi connectivity index (χ1v) is 15.2. The van der Waals surface area contributed by atoms with Crippen LogP contribution in [0.15, 0.2) is 28.5 Å². The van der Waals surface area contributed by atoms with Gasteiger partial charge in [-0.05, 0) is 68.9 Å². The number of anilines is 1. The average molecular weight is 554 g/mol. The zero-order valence-electron chi connectivity index (χ0n) is 19.7. The molecule has 0 N–H and O–H groups in total. The van der Waals surface area contributed by atoms with Gasteiger partial charge in [-0.3, -0.25) is 9.69 Å². The number of halogens is 1. The number of carbonyl (C=O) groups is 1. The van der Waals surface area contributed by atoms with Crippen LogP contribution in [0.3, 0.4) is 0 Å². The monoisotopic (exact) mass is 553 g/mol. The van der Waals surface area contributed by atoms with Gasteiger partial charge >= 0.3 is 0 Å². The van der Waals surface area contributed by atoms with Crippen LogP contribution in [0.2, 0.25) is 4.34 Å². The van der Waals surface area contributed by atoms with Gasteiger partial charge in [-0.1, -0.05) is 29.0 Å². The fraction of sp³-hybridized carbons (Fsp3) is 0.500. The summed E-state index contributed by atoms with van der Waals surface area (Å²) in [6.45, 7) is 5.93. The van der Waals surface area contributed by atoms with Gasteiger partial charge in [0.25, 0.3) is 10.0 Å². The minimum Gasteiger partial charge on any atom is -0.376 e. The predicted octanol–water partition coefficient (Wildman–Crippen LogP) is 5.24. The van der Waals surface area contributed by atoms with Gasteiger partial charge in [-0.2, -0.15) is 4.31 Å². The number of piperidine rings is 1. The lowest BCUT2D eigenvalue weighted by atomic mass is 9.96. The third-order valence-electron chi connectivity index (χ3n) is 6.93. The molecule has 0 bridgehead atoms. The summed E-state index contributed by atoms with van der Waals surface area (Å²) in [5.74, 6) is -0.255. The average Bonchev–Trinajstić information content (AvgIpc) is 3.61. The highest BCUT2D eigenvalue weighted by atomic mass is 35.5. The van der Waals surface area contributed by atoms with Crippen molar-refractivity contribution in [2.75, 3.05) is 31.1 Å². The van der Waals surface area contributed by atoms with Gasteiger partial charge in [0.05, 0.1) is 27.2 Å². The van der Waals surface area contributed by atoms with Gasteiger partial charge in [-0.15, -0.1) is 11.3 Å². The molecule has 2 aromatic heterocycles. The van der Waals surface area contributed by atoms with Crippen LogP contribution in [0.25, 0.3) is 10.2 Å². The number of rotatable bonds is 6. The van der Waals surface area contributed by atoms with E-state index in [4.69, 9.17) is 21.3 Å². The maximum Gasteiger partial charge on any atom is 0.252 e. The molecule has 1 aromatic carbocycles. The molecule has 35 heavy (non-hydrogen) atoms. The molecule has 5 rings (SSSR count). The zero-order chi connectivity index (χ0) is 24.7. The topological polar surface area (TPSA) is 79.8 Å². The van der Waals surface area contributed by atoms with Crippen molar-refractivity contribution in [2.24, 2.45) is 5.92 Å². The summed E-state index contributed by atoms with van der Waals surface area (Å²) in [5, 5.41) is 0.692. The number of aryl methyl sites for hydroxylation is 2. The lowest BCUT2D eigenvalue weighted by molar-refractivity contribution is -0.123.